The van der Waals surface area contributed by atoms with E-state index in [1.807, 2.05) is 26.0 Å². The number of ether oxygens (including phenoxy) is 1. The number of aliphatic hydroxyl groups is 1. The van der Waals surface area contributed by atoms with E-state index < -0.39 is 0 Å². The van der Waals surface area contributed by atoms with Gasteiger partial charge in [-0.3, -0.25) is 19.1 Å². The van der Waals surface area contributed by atoms with Crippen LogP contribution in [-0.4, -0.2) is 65.2 Å². The lowest BCUT2D eigenvalue weighted by molar-refractivity contribution is -0.107. The van der Waals surface area contributed by atoms with E-state index in [1.54, 1.807) is 23.7 Å². The van der Waals surface area contributed by atoms with Crippen LogP contribution in [-0.2, 0) is 11.3 Å². The molecule has 164 valence electrons. The third-order valence-corrected chi connectivity index (χ3v) is 4.76. The van der Waals surface area contributed by atoms with Crippen LogP contribution in [0.4, 0.5) is 5.82 Å². The molecule has 30 heavy (non-hydrogen) atoms. The molecule has 8 nitrogen and oxygen atoms in total. The summed E-state index contributed by atoms with van der Waals surface area (Å²) >= 11 is 6.00. The van der Waals surface area contributed by atoms with Crippen LogP contribution in [0.1, 0.15) is 42.7 Å². The summed E-state index contributed by atoms with van der Waals surface area (Å²) in [5, 5.41) is 9.74. The van der Waals surface area contributed by atoms with Crippen LogP contribution in [0.5, 0.6) is 6.01 Å². The number of amides is 2. The van der Waals surface area contributed by atoms with E-state index in [0.29, 0.717) is 50.5 Å². The lowest BCUT2D eigenvalue weighted by Gasteiger charge is -2.21. The van der Waals surface area contributed by atoms with Gasteiger partial charge in [0.2, 0.25) is 6.41 Å². The minimum atomic E-state index is -0.297. The van der Waals surface area contributed by atoms with Gasteiger partial charge in [0, 0.05) is 31.8 Å². The predicted molar refractivity (Wildman–Crippen MR) is 116 cm³/mol. The fraction of sp³-hybridized carbons (Fsp3) is 0.476. The van der Waals surface area contributed by atoms with Crippen molar-refractivity contribution < 1.29 is 19.4 Å². The summed E-state index contributed by atoms with van der Waals surface area (Å²) < 4.78 is 7.40. The number of anilines is 1. The van der Waals surface area contributed by atoms with E-state index in [2.05, 4.69) is 4.98 Å². The Morgan fingerprint density at radius 3 is 2.53 bits per heavy atom. The highest BCUT2D eigenvalue weighted by atomic mass is 35.5. The van der Waals surface area contributed by atoms with Gasteiger partial charge in [0.15, 0.2) is 11.5 Å². The molecule has 0 unspecified atom stereocenters. The lowest BCUT2D eigenvalue weighted by Crippen LogP contribution is -2.33. The first-order chi connectivity index (χ1) is 14.5. The van der Waals surface area contributed by atoms with Gasteiger partial charge in [-0.1, -0.05) is 30.7 Å². The van der Waals surface area contributed by atoms with Gasteiger partial charge in [0.1, 0.15) is 0 Å². The number of carbonyl (C=O) groups excluding carboxylic acids is 2. The number of aromatic nitrogens is 2. The molecule has 0 saturated heterocycles. The van der Waals surface area contributed by atoms with Gasteiger partial charge in [0.05, 0.1) is 13.2 Å². The number of halogens is 1. The van der Waals surface area contributed by atoms with Crippen molar-refractivity contribution in [1.82, 2.24) is 14.5 Å². The smallest absolute Gasteiger partial charge is 0.299 e. The monoisotopic (exact) mass is 436 g/mol. The van der Waals surface area contributed by atoms with Crippen molar-refractivity contribution in [2.45, 2.75) is 33.2 Å². The van der Waals surface area contributed by atoms with Crippen molar-refractivity contribution in [3.8, 4) is 6.01 Å². The first kappa shape index (κ1) is 23.7. The summed E-state index contributed by atoms with van der Waals surface area (Å²) in [5.74, 6) is -0.0288. The normalized spacial score (nSPS) is 10.7. The number of carbonyl (C=O) groups is 2. The van der Waals surface area contributed by atoms with Gasteiger partial charge >= 0.3 is 0 Å². The molecule has 1 aromatic carbocycles. The zero-order valence-electron chi connectivity index (χ0n) is 17.7. The Morgan fingerprint density at radius 1 is 1.27 bits per heavy atom. The van der Waals surface area contributed by atoms with Gasteiger partial charge in [-0.05, 0) is 37.5 Å². The molecule has 9 heteroatoms. The van der Waals surface area contributed by atoms with Crippen molar-refractivity contribution in [3.63, 3.8) is 0 Å². The molecule has 2 amide bonds. The fourth-order valence-corrected chi connectivity index (χ4v) is 3.16. The molecule has 0 aliphatic carbocycles. The van der Waals surface area contributed by atoms with Crippen LogP contribution < -0.4 is 9.64 Å². The molecule has 0 radical (unpaired) electrons. The highest BCUT2D eigenvalue weighted by Crippen LogP contribution is 2.28. The molecule has 1 N–H and O–H groups in total. The first-order valence-electron chi connectivity index (χ1n) is 10.0. The van der Waals surface area contributed by atoms with Crippen molar-refractivity contribution >= 4 is 29.7 Å². The molecule has 0 fully saturated rings. The number of benzene rings is 1. The first-order valence-corrected chi connectivity index (χ1v) is 10.4. The quantitative estimate of drug-likeness (QED) is 0.517. The highest BCUT2D eigenvalue weighted by molar-refractivity contribution is 6.30. The Bertz CT molecular complexity index is 838. The summed E-state index contributed by atoms with van der Waals surface area (Å²) in [6.45, 7) is 5.24. The van der Waals surface area contributed by atoms with E-state index in [-0.39, 0.29) is 30.0 Å². The summed E-state index contributed by atoms with van der Waals surface area (Å²) in [6, 6.07) is 7.55. The molecule has 0 aliphatic heterocycles. The second-order valence-electron chi connectivity index (χ2n) is 6.81. The number of rotatable bonds is 12. The fourth-order valence-electron chi connectivity index (χ4n) is 3.03. The summed E-state index contributed by atoms with van der Waals surface area (Å²) in [4.78, 5) is 32.5. The zero-order valence-corrected chi connectivity index (χ0v) is 18.4. The Hall–Kier alpha value is -2.58. The highest BCUT2D eigenvalue weighted by Gasteiger charge is 2.29. The largest absolute Gasteiger partial charge is 0.465 e. The molecule has 0 spiro atoms. The molecule has 0 saturated carbocycles. The topological polar surface area (TPSA) is 87.9 Å². The molecule has 0 atom stereocenters. The van der Waals surface area contributed by atoms with Gasteiger partial charge in [-0.25, -0.2) is 0 Å². The van der Waals surface area contributed by atoms with Gasteiger partial charge < -0.3 is 14.7 Å². The van der Waals surface area contributed by atoms with Gasteiger partial charge in [-0.15, -0.1) is 0 Å². The molecular weight excluding hydrogens is 408 g/mol. The molecule has 0 aliphatic rings. The average molecular weight is 437 g/mol. The molecule has 1 aromatic heterocycles. The SMILES string of the molecule is CCCN(C=O)c1nc(OCC)n(Cc2ccc(Cl)cc2)c1C(=O)N(C)CCCO. The molecule has 2 aromatic rings. The van der Waals surface area contributed by atoms with E-state index in [0.717, 1.165) is 5.56 Å². The van der Waals surface area contributed by atoms with Gasteiger partial charge in [0.25, 0.3) is 11.9 Å². The second kappa shape index (κ2) is 11.6. The predicted octanol–water partition coefficient (Wildman–Crippen LogP) is 2.81. The number of nitrogens with zero attached hydrogens (tertiary/aromatic N) is 4. The Kier molecular flexibility index (Phi) is 9.14. The summed E-state index contributed by atoms with van der Waals surface area (Å²) in [7, 11) is 1.66. The van der Waals surface area contributed by atoms with E-state index in [4.69, 9.17) is 21.4 Å². The molecule has 1 heterocycles. The number of hydrogen-bond donors (Lipinski definition) is 1. The molecule has 2 rings (SSSR count). The minimum Gasteiger partial charge on any atom is -0.465 e. The summed E-state index contributed by atoms with van der Waals surface area (Å²) in [5.41, 5.74) is 1.18. The molecule has 0 bridgehead atoms. The number of aliphatic hydroxyl groups excluding tert-OH is 1. The number of imidazole rings is 1. The maximum absolute atomic E-state index is 13.3. The van der Waals surface area contributed by atoms with E-state index in [9.17, 15) is 9.59 Å². The van der Waals surface area contributed by atoms with Crippen molar-refractivity contribution in [1.29, 1.82) is 0 Å². The Morgan fingerprint density at radius 2 is 1.97 bits per heavy atom. The zero-order chi connectivity index (χ0) is 22.1. The third-order valence-electron chi connectivity index (χ3n) is 4.51. The van der Waals surface area contributed by atoms with E-state index in [1.165, 1.54) is 9.80 Å². The standard InChI is InChI=1S/C21H29ClN4O4/c1-4-11-25(15-28)19-18(20(29)24(3)12-6-13-27)26(21(23-19)30-5-2)14-16-7-9-17(22)10-8-16/h7-10,15,27H,4-6,11-14H2,1-3H3. The van der Waals surface area contributed by atoms with Crippen molar-refractivity contribution in [2.75, 3.05) is 38.3 Å². The van der Waals surface area contributed by atoms with Crippen LogP contribution in [0.3, 0.4) is 0 Å². The van der Waals surface area contributed by atoms with Crippen molar-refractivity contribution in [3.05, 3.63) is 40.5 Å². The lowest BCUT2D eigenvalue weighted by atomic mass is 10.2. The van der Waals surface area contributed by atoms with Crippen LogP contribution in [0, 0.1) is 0 Å². The summed E-state index contributed by atoms with van der Waals surface area (Å²) in [6.07, 6.45) is 1.84. The average Bonchev–Trinajstić information content (AvgIpc) is 3.09. The molecular formula is C21H29ClN4O4. The van der Waals surface area contributed by atoms with Crippen LogP contribution in [0.2, 0.25) is 5.02 Å². The van der Waals surface area contributed by atoms with Crippen molar-refractivity contribution in [2.24, 2.45) is 0 Å². The number of hydrogen-bond acceptors (Lipinski definition) is 5. The third kappa shape index (κ3) is 5.73. The van der Waals surface area contributed by atoms with Crippen LogP contribution >= 0.6 is 11.6 Å². The van der Waals surface area contributed by atoms with Gasteiger partial charge in [-0.2, -0.15) is 4.98 Å². The second-order valence-corrected chi connectivity index (χ2v) is 7.25. The van der Waals surface area contributed by atoms with Crippen LogP contribution in [0.15, 0.2) is 24.3 Å². The maximum Gasteiger partial charge on any atom is 0.299 e. The Labute approximate surface area is 182 Å². The minimum absolute atomic E-state index is 0.0188. The Balaban J connectivity index is 2.59. The maximum atomic E-state index is 13.3. The van der Waals surface area contributed by atoms with E-state index >= 15 is 0 Å². The van der Waals surface area contributed by atoms with Crippen LogP contribution in [0.25, 0.3) is 0 Å².